The lowest BCUT2D eigenvalue weighted by molar-refractivity contribution is -0.135. The van der Waals surface area contributed by atoms with Crippen molar-refractivity contribution < 1.29 is 14.3 Å². The van der Waals surface area contributed by atoms with E-state index < -0.39 is 12.1 Å². The maximum atomic E-state index is 12.7. The second kappa shape index (κ2) is 8.28. The van der Waals surface area contributed by atoms with E-state index in [2.05, 4.69) is 20.0 Å². The number of imidazole rings is 1. The van der Waals surface area contributed by atoms with E-state index in [0.29, 0.717) is 13.1 Å². The number of carbonyl (C=O) groups excluding carboxylic acids is 2. The van der Waals surface area contributed by atoms with E-state index in [1.54, 1.807) is 17.3 Å². The van der Waals surface area contributed by atoms with Crippen LogP contribution in [0.3, 0.4) is 0 Å². The number of aromatic nitrogens is 2. The molecule has 118 valence electrons. The number of nitrogens with zero attached hydrogens (tertiary/aromatic N) is 2. The molecule has 0 radical (unpaired) electrons. The van der Waals surface area contributed by atoms with Crippen LogP contribution in [0.1, 0.15) is 33.0 Å². The highest BCUT2D eigenvalue weighted by atomic mass is 16.5. The van der Waals surface area contributed by atoms with E-state index in [0.717, 1.165) is 12.2 Å². The summed E-state index contributed by atoms with van der Waals surface area (Å²) in [6.45, 7) is 6.77. The van der Waals surface area contributed by atoms with Gasteiger partial charge in [-0.05, 0) is 12.3 Å². The van der Waals surface area contributed by atoms with E-state index in [1.807, 2.05) is 20.8 Å². The lowest BCUT2D eigenvalue weighted by Gasteiger charge is -2.28. The van der Waals surface area contributed by atoms with E-state index in [1.165, 1.54) is 7.11 Å². The molecular weight excluding hydrogens is 272 g/mol. The summed E-state index contributed by atoms with van der Waals surface area (Å²) >= 11 is 0. The number of amides is 2. The van der Waals surface area contributed by atoms with Crippen molar-refractivity contribution in [3.63, 3.8) is 0 Å². The lowest BCUT2D eigenvalue weighted by Crippen LogP contribution is -2.51. The third-order valence-corrected chi connectivity index (χ3v) is 3.09. The molecule has 1 aromatic rings. The minimum Gasteiger partial charge on any atom is -0.453 e. The first-order valence-corrected chi connectivity index (χ1v) is 7.11. The van der Waals surface area contributed by atoms with E-state index in [-0.39, 0.29) is 11.8 Å². The summed E-state index contributed by atoms with van der Waals surface area (Å²) in [6.07, 6.45) is 3.60. The number of alkyl carbamates (subject to hydrolysis) is 1. The second-order valence-corrected chi connectivity index (χ2v) is 5.15. The summed E-state index contributed by atoms with van der Waals surface area (Å²) in [4.78, 5) is 32.9. The molecule has 0 saturated heterocycles. The van der Waals surface area contributed by atoms with Crippen LogP contribution in [0, 0.1) is 5.92 Å². The van der Waals surface area contributed by atoms with Crippen LogP contribution >= 0.6 is 0 Å². The number of H-pyrrole nitrogens is 1. The van der Waals surface area contributed by atoms with Gasteiger partial charge in [0, 0.05) is 18.9 Å². The van der Waals surface area contributed by atoms with Crippen molar-refractivity contribution in [2.45, 2.75) is 39.8 Å². The molecule has 2 amide bonds. The summed E-state index contributed by atoms with van der Waals surface area (Å²) in [5, 5.41) is 2.60. The van der Waals surface area contributed by atoms with Gasteiger partial charge in [0.05, 0.1) is 13.7 Å². The molecule has 21 heavy (non-hydrogen) atoms. The van der Waals surface area contributed by atoms with Crippen LogP contribution < -0.4 is 5.32 Å². The van der Waals surface area contributed by atoms with Gasteiger partial charge in [-0.25, -0.2) is 9.78 Å². The molecule has 1 unspecified atom stereocenters. The van der Waals surface area contributed by atoms with E-state index >= 15 is 0 Å². The first-order chi connectivity index (χ1) is 9.99. The third-order valence-electron chi connectivity index (χ3n) is 3.09. The van der Waals surface area contributed by atoms with Crippen molar-refractivity contribution in [2.24, 2.45) is 5.92 Å². The summed E-state index contributed by atoms with van der Waals surface area (Å²) in [5.74, 6) is 0.554. The Balaban J connectivity index is 2.82. The minimum atomic E-state index is -0.612. The molecule has 0 fully saturated rings. The fraction of sp³-hybridized carbons (Fsp3) is 0.643. The highest BCUT2D eigenvalue weighted by molar-refractivity contribution is 5.85. The number of ether oxygens (including phenoxy) is 1. The lowest BCUT2D eigenvalue weighted by atomic mass is 10.0. The normalized spacial score (nSPS) is 12.0. The Labute approximate surface area is 125 Å². The first-order valence-electron chi connectivity index (χ1n) is 7.11. The predicted octanol–water partition coefficient (Wildman–Crippen LogP) is 1.53. The van der Waals surface area contributed by atoms with Gasteiger partial charge < -0.3 is 19.9 Å². The molecule has 1 rings (SSSR count). The SMILES string of the molecule is CCCN(Cc1ncc[nH]1)C(=O)C(NC(=O)OC)C(C)C. The van der Waals surface area contributed by atoms with Crippen LogP contribution in [0.4, 0.5) is 4.79 Å². The maximum Gasteiger partial charge on any atom is 0.407 e. The van der Waals surface area contributed by atoms with Crippen LogP contribution in [0.2, 0.25) is 0 Å². The zero-order chi connectivity index (χ0) is 15.8. The molecule has 2 N–H and O–H groups in total. The molecule has 0 saturated carbocycles. The van der Waals surface area contributed by atoms with Crippen molar-refractivity contribution >= 4 is 12.0 Å². The van der Waals surface area contributed by atoms with Crippen LogP contribution in [-0.2, 0) is 16.1 Å². The van der Waals surface area contributed by atoms with Crippen LogP contribution in [0.25, 0.3) is 0 Å². The van der Waals surface area contributed by atoms with Crippen LogP contribution in [0.5, 0.6) is 0 Å². The monoisotopic (exact) mass is 296 g/mol. The minimum absolute atomic E-state index is 0.0347. The molecule has 1 atom stereocenters. The first kappa shape index (κ1) is 17.0. The molecule has 0 aliphatic heterocycles. The van der Waals surface area contributed by atoms with Crippen molar-refractivity contribution in [2.75, 3.05) is 13.7 Å². The molecule has 0 aliphatic carbocycles. The zero-order valence-electron chi connectivity index (χ0n) is 13.0. The van der Waals surface area contributed by atoms with E-state index in [4.69, 9.17) is 0 Å². The van der Waals surface area contributed by atoms with Crippen LogP contribution in [-0.4, -0.2) is 46.6 Å². The maximum absolute atomic E-state index is 12.7. The molecule has 0 aromatic carbocycles. The summed E-state index contributed by atoms with van der Waals surface area (Å²) in [7, 11) is 1.28. The molecule has 0 bridgehead atoms. The summed E-state index contributed by atoms with van der Waals surface area (Å²) < 4.78 is 4.59. The van der Waals surface area contributed by atoms with Gasteiger partial charge >= 0.3 is 6.09 Å². The standard InChI is InChI=1S/C14H24N4O3/c1-5-8-18(9-11-15-6-7-16-11)13(19)12(10(2)3)17-14(20)21-4/h6-7,10,12H,5,8-9H2,1-4H3,(H,15,16)(H,17,20). The Kier molecular flexibility index (Phi) is 6.71. The average molecular weight is 296 g/mol. The summed E-state index contributed by atoms with van der Waals surface area (Å²) in [6, 6.07) is -0.612. The fourth-order valence-corrected chi connectivity index (χ4v) is 2.00. The molecule has 0 aliphatic rings. The topological polar surface area (TPSA) is 87.3 Å². The molecular formula is C14H24N4O3. The highest BCUT2D eigenvalue weighted by Gasteiger charge is 2.29. The molecule has 1 aromatic heterocycles. The number of aromatic amines is 1. The number of carbonyl (C=O) groups is 2. The molecule has 7 nitrogen and oxygen atoms in total. The number of hydrogen-bond acceptors (Lipinski definition) is 4. The molecule has 7 heteroatoms. The molecule has 0 spiro atoms. The Morgan fingerprint density at radius 3 is 2.67 bits per heavy atom. The van der Waals surface area contributed by atoms with Gasteiger partial charge in [0.15, 0.2) is 0 Å². The number of methoxy groups -OCH3 is 1. The number of nitrogens with one attached hydrogen (secondary N) is 2. The summed E-state index contributed by atoms with van der Waals surface area (Å²) in [5.41, 5.74) is 0. The van der Waals surface area contributed by atoms with Crippen molar-refractivity contribution in [1.82, 2.24) is 20.2 Å². The second-order valence-electron chi connectivity index (χ2n) is 5.15. The predicted molar refractivity (Wildman–Crippen MR) is 78.5 cm³/mol. The van der Waals surface area contributed by atoms with Gasteiger partial charge in [-0.1, -0.05) is 20.8 Å². The van der Waals surface area contributed by atoms with Gasteiger partial charge in [0.2, 0.25) is 5.91 Å². The van der Waals surface area contributed by atoms with Gasteiger partial charge in [-0.2, -0.15) is 0 Å². The average Bonchev–Trinajstić information content (AvgIpc) is 2.96. The van der Waals surface area contributed by atoms with Crippen LogP contribution in [0.15, 0.2) is 12.4 Å². The molecule has 1 heterocycles. The highest BCUT2D eigenvalue weighted by Crippen LogP contribution is 2.10. The number of rotatable bonds is 7. The van der Waals surface area contributed by atoms with Gasteiger partial charge in [-0.3, -0.25) is 4.79 Å². The third kappa shape index (κ3) is 5.09. The zero-order valence-corrected chi connectivity index (χ0v) is 13.0. The Morgan fingerprint density at radius 2 is 2.19 bits per heavy atom. The van der Waals surface area contributed by atoms with E-state index in [9.17, 15) is 9.59 Å². The fourth-order valence-electron chi connectivity index (χ4n) is 2.00. The quantitative estimate of drug-likeness (QED) is 0.798. The Bertz CT molecular complexity index is 445. The smallest absolute Gasteiger partial charge is 0.407 e. The van der Waals surface area contributed by atoms with Crippen molar-refractivity contribution in [3.8, 4) is 0 Å². The number of hydrogen-bond donors (Lipinski definition) is 2. The Morgan fingerprint density at radius 1 is 1.48 bits per heavy atom. The van der Waals surface area contributed by atoms with Crippen molar-refractivity contribution in [3.05, 3.63) is 18.2 Å². The van der Waals surface area contributed by atoms with Gasteiger partial charge in [-0.15, -0.1) is 0 Å². The Hall–Kier alpha value is -2.05. The van der Waals surface area contributed by atoms with Gasteiger partial charge in [0.1, 0.15) is 11.9 Å². The largest absolute Gasteiger partial charge is 0.453 e. The van der Waals surface area contributed by atoms with Crippen molar-refractivity contribution in [1.29, 1.82) is 0 Å². The van der Waals surface area contributed by atoms with Gasteiger partial charge in [0.25, 0.3) is 0 Å².